The number of hydrogen-bond acceptors (Lipinski definition) is 1. The summed E-state index contributed by atoms with van der Waals surface area (Å²) < 4.78 is 0. The molecule has 0 saturated heterocycles. The monoisotopic (exact) mass is 157 g/mol. The Morgan fingerprint density at radius 1 is 1.36 bits per heavy atom. The fourth-order valence-electron chi connectivity index (χ4n) is 1.58. The molecule has 0 bridgehead atoms. The van der Waals surface area contributed by atoms with Crippen molar-refractivity contribution in [3.63, 3.8) is 0 Å². The van der Waals surface area contributed by atoms with Gasteiger partial charge in [0.1, 0.15) is 0 Å². The van der Waals surface area contributed by atoms with Crippen LogP contribution in [0.25, 0.3) is 0 Å². The van der Waals surface area contributed by atoms with Crippen molar-refractivity contribution >= 4 is 0 Å². The van der Waals surface area contributed by atoms with Gasteiger partial charge in [-0.25, -0.2) is 0 Å². The van der Waals surface area contributed by atoms with Crippen LogP contribution in [0.4, 0.5) is 0 Å². The third kappa shape index (κ3) is 5.25. The lowest BCUT2D eigenvalue weighted by molar-refractivity contribution is 0.257. The lowest BCUT2D eigenvalue weighted by Gasteiger charge is -2.26. The first kappa shape index (κ1) is 11.0. The average molecular weight is 157 g/mol. The molecule has 0 fully saturated rings. The molecular weight excluding hydrogens is 134 g/mol. The molecular formula is C10H23N. The number of nitrogens with two attached hydrogens (primary N) is 1. The summed E-state index contributed by atoms with van der Waals surface area (Å²) in [6.45, 7) is 10.0. The second kappa shape index (κ2) is 4.76. The van der Waals surface area contributed by atoms with Crippen LogP contribution >= 0.6 is 0 Å². The van der Waals surface area contributed by atoms with Gasteiger partial charge < -0.3 is 5.73 Å². The van der Waals surface area contributed by atoms with Crippen molar-refractivity contribution in [1.29, 1.82) is 0 Å². The molecule has 11 heavy (non-hydrogen) atoms. The van der Waals surface area contributed by atoms with Crippen molar-refractivity contribution in [2.24, 2.45) is 17.1 Å². The van der Waals surface area contributed by atoms with Crippen LogP contribution in [0, 0.1) is 11.3 Å². The zero-order valence-electron chi connectivity index (χ0n) is 8.48. The Kier molecular flexibility index (Phi) is 4.74. The highest BCUT2D eigenvalue weighted by Crippen LogP contribution is 2.29. The molecule has 1 atom stereocenters. The Morgan fingerprint density at radius 2 is 1.91 bits per heavy atom. The summed E-state index contributed by atoms with van der Waals surface area (Å²) in [5.74, 6) is 0.844. The van der Waals surface area contributed by atoms with Crippen LogP contribution in [0.5, 0.6) is 0 Å². The maximum absolute atomic E-state index is 5.53. The summed E-state index contributed by atoms with van der Waals surface area (Å²) >= 11 is 0. The molecule has 0 aromatic carbocycles. The highest BCUT2D eigenvalue weighted by molar-refractivity contribution is 4.71. The van der Waals surface area contributed by atoms with Gasteiger partial charge in [-0.2, -0.15) is 0 Å². The quantitative estimate of drug-likeness (QED) is 0.652. The van der Waals surface area contributed by atoms with Crippen LogP contribution in [-0.4, -0.2) is 6.54 Å². The molecule has 0 saturated carbocycles. The van der Waals surface area contributed by atoms with Gasteiger partial charge >= 0.3 is 0 Å². The van der Waals surface area contributed by atoms with Gasteiger partial charge in [0.15, 0.2) is 0 Å². The van der Waals surface area contributed by atoms with Crippen molar-refractivity contribution < 1.29 is 0 Å². The van der Waals surface area contributed by atoms with Gasteiger partial charge in [0, 0.05) is 0 Å². The second-order valence-electron chi connectivity index (χ2n) is 4.42. The van der Waals surface area contributed by atoms with Gasteiger partial charge in [0.25, 0.3) is 0 Å². The van der Waals surface area contributed by atoms with Gasteiger partial charge in [0.05, 0.1) is 0 Å². The third-order valence-corrected chi connectivity index (χ3v) is 2.42. The zero-order chi connectivity index (χ0) is 8.91. The van der Waals surface area contributed by atoms with Crippen molar-refractivity contribution in [3.05, 3.63) is 0 Å². The van der Waals surface area contributed by atoms with Gasteiger partial charge in [0.2, 0.25) is 0 Å². The molecule has 0 radical (unpaired) electrons. The molecule has 0 heterocycles. The van der Waals surface area contributed by atoms with Gasteiger partial charge in [-0.3, -0.25) is 0 Å². The lowest BCUT2D eigenvalue weighted by atomic mass is 9.80. The van der Waals surface area contributed by atoms with E-state index in [0.717, 1.165) is 18.9 Å². The maximum Gasteiger partial charge on any atom is -0.00722 e. The molecule has 0 aliphatic heterocycles. The van der Waals surface area contributed by atoms with Crippen LogP contribution in [0.2, 0.25) is 0 Å². The van der Waals surface area contributed by atoms with Crippen molar-refractivity contribution in [2.75, 3.05) is 6.54 Å². The van der Waals surface area contributed by atoms with Gasteiger partial charge in [-0.1, -0.05) is 34.1 Å². The van der Waals surface area contributed by atoms with Crippen molar-refractivity contribution in [3.8, 4) is 0 Å². The van der Waals surface area contributed by atoms with Crippen LogP contribution in [-0.2, 0) is 0 Å². The van der Waals surface area contributed by atoms with Crippen molar-refractivity contribution in [1.82, 2.24) is 0 Å². The molecule has 68 valence electrons. The van der Waals surface area contributed by atoms with Gasteiger partial charge in [-0.15, -0.1) is 0 Å². The van der Waals surface area contributed by atoms with E-state index in [4.69, 9.17) is 5.73 Å². The predicted molar refractivity (Wildman–Crippen MR) is 51.5 cm³/mol. The lowest BCUT2D eigenvalue weighted by Crippen LogP contribution is -2.19. The summed E-state index contributed by atoms with van der Waals surface area (Å²) in [7, 11) is 0. The van der Waals surface area contributed by atoms with Crippen LogP contribution in [0.3, 0.4) is 0 Å². The van der Waals surface area contributed by atoms with Gasteiger partial charge in [-0.05, 0) is 30.7 Å². The smallest absolute Gasteiger partial charge is 0.00722 e. The molecule has 1 unspecified atom stereocenters. The largest absolute Gasteiger partial charge is 0.330 e. The van der Waals surface area contributed by atoms with E-state index in [1.807, 2.05) is 0 Å². The molecule has 1 nitrogen and oxygen atoms in total. The van der Waals surface area contributed by atoms with Crippen molar-refractivity contribution in [2.45, 2.75) is 47.0 Å². The van der Waals surface area contributed by atoms with Crippen LogP contribution in [0.15, 0.2) is 0 Å². The summed E-state index contributed by atoms with van der Waals surface area (Å²) in [4.78, 5) is 0. The molecule has 0 aromatic rings. The van der Waals surface area contributed by atoms with E-state index in [1.165, 1.54) is 12.8 Å². The summed E-state index contributed by atoms with van der Waals surface area (Å²) in [5.41, 5.74) is 5.98. The fourth-order valence-corrected chi connectivity index (χ4v) is 1.58. The molecule has 0 amide bonds. The van der Waals surface area contributed by atoms with Crippen LogP contribution < -0.4 is 5.73 Å². The predicted octanol–water partition coefficient (Wildman–Crippen LogP) is 2.80. The summed E-state index contributed by atoms with van der Waals surface area (Å²) in [6, 6.07) is 0. The minimum Gasteiger partial charge on any atom is -0.330 e. The van der Waals surface area contributed by atoms with E-state index < -0.39 is 0 Å². The van der Waals surface area contributed by atoms with E-state index in [0.29, 0.717) is 5.41 Å². The van der Waals surface area contributed by atoms with E-state index >= 15 is 0 Å². The molecule has 0 aliphatic carbocycles. The first-order valence-electron chi connectivity index (χ1n) is 4.72. The summed E-state index contributed by atoms with van der Waals surface area (Å²) in [6.07, 6.45) is 3.74. The standard InChI is InChI=1S/C10H23N/c1-5-9(2)8-10(3,4)6-7-11/h9H,5-8,11H2,1-4H3. The fraction of sp³-hybridized carbons (Fsp3) is 1.00. The molecule has 0 aliphatic rings. The Labute approximate surface area is 71.4 Å². The third-order valence-electron chi connectivity index (χ3n) is 2.42. The summed E-state index contributed by atoms with van der Waals surface area (Å²) in [5, 5.41) is 0. The maximum atomic E-state index is 5.53. The molecule has 1 heteroatoms. The Balaban J connectivity index is 3.70. The van der Waals surface area contributed by atoms with E-state index in [2.05, 4.69) is 27.7 Å². The Hall–Kier alpha value is -0.0400. The second-order valence-corrected chi connectivity index (χ2v) is 4.42. The average Bonchev–Trinajstić information content (AvgIpc) is 1.86. The van der Waals surface area contributed by atoms with E-state index in [-0.39, 0.29) is 0 Å². The van der Waals surface area contributed by atoms with Crippen LogP contribution in [0.1, 0.15) is 47.0 Å². The first-order valence-corrected chi connectivity index (χ1v) is 4.72. The molecule has 0 aromatic heterocycles. The van der Waals surface area contributed by atoms with E-state index in [1.54, 1.807) is 0 Å². The highest BCUT2D eigenvalue weighted by atomic mass is 14.5. The Morgan fingerprint density at radius 3 is 2.27 bits per heavy atom. The molecule has 0 rings (SSSR count). The Bertz CT molecular complexity index is 97.0. The topological polar surface area (TPSA) is 26.0 Å². The highest BCUT2D eigenvalue weighted by Gasteiger charge is 2.18. The minimum atomic E-state index is 0.449. The zero-order valence-corrected chi connectivity index (χ0v) is 8.48. The number of hydrogen-bond donors (Lipinski definition) is 1. The number of rotatable bonds is 5. The first-order chi connectivity index (χ1) is 5.02. The SMILES string of the molecule is CCC(C)CC(C)(C)CCN. The normalized spacial score (nSPS) is 15.0. The molecule has 0 spiro atoms. The molecule has 2 N–H and O–H groups in total. The van der Waals surface area contributed by atoms with E-state index in [9.17, 15) is 0 Å². The minimum absolute atomic E-state index is 0.449.